The van der Waals surface area contributed by atoms with Gasteiger partial charge in [0.15, 0.2) is 0 Å². The van der Waals surface area contributed by atoms with Crippen LogP contribution in [0.3, 0.4) is 0 Å². The molecule has 1 heterocycles. The minimum absolute atomic E-state index is 0.0548. The quantitative estimate of drug-likeness (QED) is 0.495. The molecule has 9 heteroatoms. The van der Waals surface area contributed by atoms with Crippen molar-refractivity contribution in [2.24, 2.45) is 10.7 Å². The molecule has 2 N–H and O–H groups in total. The summed E-state index contributed by atoms with van der Waals surface area (Å²) < 4.78 is 15.8. The second kappa shape index (κ2) is 8.04. The van der Waals surface area contributed by atoms with Crippen LogP contribution in [0.4, 0.5) is 6.01 Å². The predicted molar refractivity (Wildman–Crippen MR) is 89.4 cm³/mol. The minimum Gasteiger partial charge on any atom is -0.496 e. The topological polar surface area (TPSA) is 112 Å². The molecule has 0 atom stereocenters. The number of nitrogens with zero attached hydrogens (tertiary/aromatic N) is 3. The lowest BCUT2D eigenvalue weighted by atomic mass is 10.1. The van der Waals surface area contributed by atoms with Gasteiger partial charge in [-0.05, 0) is 19.1 Å². The number of nitrogens with two attached hydrogens (primary N) is 1. The number of aryl methyl sites for hydroxylation is 1. The maximum atomic E-state index is 11.4. The van der Waals surface area contributed by atoms with E-state index in [4.69, 9.17) is 24.5 Å². The van der Waals surface area contributed by atoms with Crippen LogP contribution < -0.4 is 15.2 Å². The molecule has 0 saturated carbocycles. The fourth-order valence-electron chi connectivity index (χ4n) is 2.09. The Kier molecular flexibility index (Phi) is 5.83. The molecule has 0 fully saturated rings. The van der Waals surface area contributed by atoms with Gasteiger partial charge in [0, 0.05) is 6.92 Å². The van der Waals surface area contributed by atoms with E-state index in [1.165, 1.54) is 27.4 Å². The van der Waals surface area contributed by atoms with Gasteiger partial charge < -0.3 is 24.5 Å². The summed E-state index contributed by atoms with van der Waals surface area (Å²) in [5.74, 6) is 0.438. The van der Waals surface area contributed by atoms with Crippen LogP contribution in [0.1, 0.15) is 18.2 Å². The number of carbonyl (C=O) groups excluding carboxylic acids is 1. The summed E-state index contributed by atoms with van der Waals surface area (Å²) in [6.07, 6.45) is 1.44. The van der Waals surface area contributed by atoms with Crippen LogP contribution in [0.5, 0.6) is 11.5 Å². The molecule has 0 radical (unpaired) electrons. The van der Waals surface area contributed by atoms with Crippen LogP contribution >= 0.6 is 0 Å². The third-order valence-electron chi connectivity index (χ3n) is 3.14. The third kappa shape index (κ3) is 4.63. The van der Waals surface area contributed by atoms with Gasteiger partial charge in [-0.1, -0.05) is 6.07 Å². The van der Waals surface area contributed by atoms with E-state index in [2.05, 4.69) is 9.98 Å². The highest BCUT2D eigenvalue weighted by molar-refractivity contribution is 5.80. The van der Waals surface area contributed by atoms with Gasteiger partial charge in [0.1, 0.15) is 17.8 Å². The van der Waals surface area contributed by atoms with Crippen molar-refractivity contribution in [3.05, 3.63) is 35.7 Å². The molecule has 0 aliphatic rings. The van der Waals surface area contributed by atoms with Crippen LogP contribution in [0.2, 0.25) is 0 Å². The van der Waals surface area contributed by atoms with Crippen LogP contribution in [-0.2, 0) is 16.2 Å². The maximum absolute atomic E-state index is 11.4. The second-order valence-electron chi connectivity index (χ2n) is 5.00. The molecule has 0 saturated heterocycles. The average molecular weight is 348 g/mol. The zero-order valence-electron chi connectivity index (χ0n) is 14.5. The summed E-state index contributed by atoms with van der Waals surface area (Å²) in [6, 6.07) is 5.35. The number of benzene rings is 1. The lowest BCUT2D eigenvalue weighted by Crippen LogP contribution is -2.38. The Balaban J connectivity index is 2.35. The van der Waals surface area contributed by atoms with Gasteiger partial charge in [-0.25, -0.2) is 0 Å². The molecular formula is C16H20N4O5. The Bertz CT molecular complexity index is 749. The number of aliphatic imine (C=N–C) groups is 1. The Morgan fingerprint density at radius 3 is 2.44 bits per heavy atom. The van der Waals surface area contributed by atoms with Gasteiger partial charge in [0.2, 0.25) is 5.96 Å². The summed E-state index contributed by atoms with van der Waals surface area (Å²) in [7, 11) is 3.06. The summed E-state index contributed by atoms with van der Waals surface area (Å²) in [5, 5.41) is 1.11. The van der Waals surface area contributed by atoms with E-state index in [1.54, 1.807) is 25.1 Å². The number of ether oxygens (including phenoxy) is 2. The van der Waals surface area contributed by atoms with Crippen molar-refractivity contribution in [3.63, 3.8) is 0 Å². The van der Waals surface area contributed by atoms with E-state index >= 15 is 0 Å². The molecule has 0 aliphatic carbocycles. The van der Waals surface area contributed by atoms with Crippen molar-refractivity contribution >= 4 is 17.9 Å². The third-order valence-corrected chi connectivity index (χ3v) is 3.14. The number of hydroxylamine groups is 2. The van der Waals surface area contributed by atoms with E-state index in [1.807, 2.05) is 0 Å². The van der Waals surface area contributed by atoms with Gasteiger partial charge in [-0.2, -0.15) is 15.0 Å². The first-order valence-corrected chi connectivity index (χ1v) is 7.36. The molecule has 0 bridgehead atoms. The van der Waals surface area contributed by atoms with Gasteiger partial charge >= 0.3 is 12.0 Å². The first-order chi connectivity index (χ1) is 11.9. The summed E-state index contributed by atoms with van der Waals surface area (Å²) >= 11 is 0. The summed E-state index contributed by atoms with van der Waals surface area (Å²) in [4.78, 5) is 24.7. The first-order valence-electron chi connectivity index (χ1n) is 7.36. The molecule has 1 aromatic heterocycles. The Morgan fingerprint density at radius 2 is 1.96 bits per heavy atom. The van der Waals surface area contributed by atoms with Gasteiger partial charge in [0.05, 0.1) is 32.0 Å². The summed E-state index contributed by atoms with van der Waals surface area (Å²) in [5.41, 5.74) is 7.24. The van der Waals surface area contributed by atoms with E-state index in [9.17, 15) is 4.79 Å². The van der Waals surface area contributed by atoms with E-state index in [0.29, 0.717) is 22.8 Å². The number of methoxy groups -OCH3 is 2. The standard InChI is InChI=1S/C16H20N4O5/c1-10-9-24-16(18-10)19-15(17)20(25-11(2)21)8-12-13(22-3)6-5-7-14(12)23-4/h5-7,9H,8H2,1-4H3,(H2,17,18,19). The molecule has 0 aliphatic heterocycles. The van der Waals surface area contributed by atoms with Crippen molar-refractivity contribution < 1.29 is 23.5 Å². The second-order valence-corrected chi connectivity index (χ2v) is 5.00. The predicted octanol–water partition coefficient (Wildman–Crippen LogP) is 1.93. The van der Waals surface area contributed by atoms with Gasteiger partial charge in [-0.15, -0.1) is 0 Å². The molecule has 0 unspecified atom stereocenters. The Morgan fingerprint density at radius 1 is 1.32 bits per heavy atom. The normalized spacial score (nSPS) is 11.1. The highest BCUT2D eigenvalue weighted by Gasteiger charge is 2.19. The Hall–Kier alpha value is -3.23. The first kappa shape index (κ1) is 18.1. The zero-order chi connectivity index (χ0) is 18.4. The highest BCUT2D eigenvalue weighted by Crippen LogP contribution is 2.29. The van der Waals surface area contributed by atoms with E-state index in [0.717, 1.165) is 5.06 Å². The van der Waals surface area contributed by atoms with Crippen molar-refractivity contribution in [1.82, 2.24) is 10.0 Å². The molecule has 134 valence electrons. The molecule has 2 aromatic rings. The van der Waals surface area contributed by atoms with E-state index < -0.39 is 5.97 Å². The molecule has 9 nitrogen and oxygen atoms in total. The lowest BCUT2D eigenvalue weighted by molar-refractivity contribution is -0.172. The summed E-state index contributed by atoms with van der Waals surface area (Å²) in [6.45, 7) is 3.07. The molecule has 2 rings (SSSR count). The van der Waals surface area contributed by atoms with Crippen LogP contribution in [-0.4, -0.2) is 36.2 Å². The van der Waals surface area contributed by atoms with Crippen LogP contribution in [0.25, 0.3) is 0 Å². The number of guanidine groups is 1. The number of carbonyl (C=O) groups is 1. The number of hydrogen-bond donors (Lipinski definition) is 1. The molecule has 1 aromatic carbocycles. The van der Waals surface area contributed by atoms with Crippen LogP contribution in [0, 0.1) is 6.92 Å². The smallest absolute Gasteiger partial charge is 0.329 e. The Labute approximate surface area is 145 Å². The van der Waals surface area contributed by atoms with Crippen molar-refractivity contribution in [1.29, 1.82) is 0 Å². The van der Waals surface area contributed by atoms with E-state index in [-0.39, 0.29) is 18.5 Å². The molecular weight excluding hydrogens is 328 g/mol. The monoisotopic (exact) mass is 348 g/mol. The van der Waals surface area contributed by atoms with Crippen molar-refractivity contribution in [2.75, 3.05) is 14.2 Å². The average Bonchev–Trinajstić information content (AvgIpc) is 2.98. The number of rotatable bonds is 5. The highest BCUT2D eigenvalue weighted by atomic mass is 16.7. The fourth-order valence-corrected chi connectivity index (χ4v) is 2.09. The SMILES string of the molecule is COc1cccc(OC)c1CN(OC(C)=O)/C(N)=N/c1nc(C)co1. The fraction of sp³-hybridized carbons (Fsp3) is 0.312. The maximum Gasteiger partial charge on any atom is 0.329 e. The molecule has 0 amide bonds. The largest absolute Gasteiger partial charge is 0.496 e. The molecule has 25 heavy (non-hydrogen) atoms. The lowest BCUT2D eigenvalue weighted by Gasteiger charge is -2.23. The van der Waals surface area contributed by atoms with Gasteiger partial charge in [-0.3, -0.25) is 4.79 Å². The zero-order valence-corrected chi connectivity index (χ0v) is 14.5. The van der Waals surface area contributed by atoms with Crippen molar-refractivity contribution in [2.45, 2.75) is 20.4 Å². The number of oxazole rings is 1. The van der Waals surface area contributed by atoms with Crippen molar-refractivity contribution in [3.8, 4) is 11.5 Å². The van der Waals surface area contributed by atoms with Crippen LogP contribution in [0.15, 0.2) is 33.9 Å². The number of hydrogen-bond acceptors (Lipinski definition) is 7. The number of aromatic nitrogens is 1. The molecule has 0 spiro atoms. The minimum atomic E-state index is -0.560. The van der Waals surface area contributed by atoms with Gasteiger partial charge in [0.25, 0.3) is 0 Å².